The van der Waals surface area contributed by atoms with Crippen molar-refractivity contribution in [3.63, 3.8) is 0 Å². The molecule has 0 aliphatic carbocycles. The summed E-state index contributed by atoms with van der Waals surface area (Å²) < 4.78 is 45.2. The topological polar surface area (TPSA) is 126 Å². The second-order valence-corrected chi connectivity index (χ2v) is 8.58. The van der Waals surface area contributed by atoms with E-state index in [1.807, 2.05) is 27.2 Å². The van der Waals surface area contributed by atoms with Gasteiger partial charge in [-0.05, 0) is 38.0 Å². The number of halogens is 3. The molecule has 1 heterocycles. The molecule has 0 radical (unpaired) electrons. The summed E-state index contributed by atoms with van der Waals surface area (Å²) in [5.74, 6) is -0.760. The van der Waals surface area contributed by atoms with Gasteiger partial charge < -0.3 is 25.6 Å². The molecule has 2 aromatic rings. The minimum Gasteiger partial charge on any atom is -0.477 e. The van der Waals surface area contributed by atoms with Crippen molar-refractivity contribution in [2.45, 2.75) is 32.0 Å². The van der Waals surface area contributed by atoms with Crippen molar-refractivity contribution in [2.75, 3.05) is 50.7 Å². The molecule has 0 spiro atoms. The molecule has 9 nitrogen and oxygen atoms in total. The Hall–Kier alpha value is -3.59. The van der Waals surface area contributed by atoms with Crippen molar-refractivity contribution in [1.29, 1.82) is 5.26 Å². The molecule has 184 valence electrons. The van der Waals surface area contributed by atoms with Gasteiger partial charge in [0.25, 0.3) is 0 Å². The van der Waals surface area contributed by atoms with Gasteiger partial charge in [0.05, 0.1) is 39.9 Å². The predicted molar refractivity (Wildman–Crippen MR) is 122 cm³/mol. The normalized spacial score (nSPS) is 12.5. The third kappa shape index (κ3) is 7.77. The maximum Gasteiger partial charge on any atom is 0.416 e. The number of ether oxygens (including phenoxy) is 1. The van der Waals surface area contributed by atoms with E-state index >= 15 is 0 Å². The lowest BCUT2D eigenvalue weighted by Gasteiger charge is -2.25. The Balaban J connectivity index is 2.34. The molecule has 0 bridgehead atoms. The molecule has 2 rings (SSSR count). The van der Waals surface area contributed by atoms with Crippen LogP contribution in [-0.4, -0.2) is 60.7 Å². The fourth-order valence-electron chi connectivity index (χ4n) is 3.11. The highest BCUT2D eigenvalue weighted by Gasteiger charge is 2.31. The van der Waals surface area contributed by atoms with Crippen molar-refractivity contribution < 1.29 is 27.2 Å². The first-order valence-electron chi connectivity index (χ1n) is 10.6. The van der Waals surface area contributed by atoms with E-state index in [1.54, 1.807) is 6.92 Å². The van der Waals surface area contributed by atoms with Gasteiger partial charge in [-0.15, -0.1) is 0 Å². The quantitative estimate of drug-likeness (QED) is 0.446. The number of quaternary nitrogens is 1. The number of nitrogens with zero attached hydrogens (tertiary/aromatic N) is 4. The van der Waals surface area contributed by atoms with Gasteiger partial charge >= 0.3 is 6.18 Å². The average molecular weight is 481 g/mol. The van der Waals surface area contributed by atoms with Crippen LogP contribution in [-0.2, 0) is 11.0 Å². The number of rotatable bonds is 10. The summed E-state index contributed by atoms with van der Waals surface area (Å²) in [6, 6.07) is 5.39. The lowest BCUT2D eigenvalue weighted by molar-refractivity contribution is -0.870. The molecule has 1 aromatic carbocycles. The number of alkyl halides is 3. The van der Waals surface area contributed by atoms with Gasteiger partial charge in [0.2, 0.25) is 17.7 Å². The van der Waals surface area contributed by atoms with E-state index in [-0.39, 0.29) is 35.5 Å². The van der Waals surface area contributed by atoms with Crippen LogP contribution >= 0.6 is 0 Å². The van der Waals surface area contributed by atoms with Crippen LogP contribution in [0.25, 0.3) is 0 Å². The van der Waals surface area contributed by atoms with Crippen LogP contribution in [0.3, 0.4) is 0 Å². The largest absolute Gasteiger partial charge is 0.477 e. The first kappa shape index (κ1) is 26.7. The Kier molecular flexibility index (Phi) is 8.64. The monoisotopic (exact) mass is 480 g/mol. The highest BCUT2D eigenvalue weighted by molar-refractivity contribution is 5.96. The fourth-order valence-corrected chi connectivity index (χ4v) is 3.11. The number of anilines is 3. The predicted octanol–water partition coefficient (Wildman–Crippen LogP) is 3.25. The van der Waals surface area contributed by atoms with Crippen LogP contribution in [0, 0.1) is 11.3 Å². The molecule has 1 atom stereocenters. The zero-order chi connectivity index (χ0) is 25.5. The number of carbonyl (C=O) groups excluding carboxylic acids is 1. The van der Waals surface area contributed by atoms with Gasteiger partial charge in [0, 0.05) is 5.69 Å². The lowest BCUT2D eigenvalue weighted by Crippen LogP contribution is -2.39. The summed E-state index contributed by atoms with van der Waals surface area (Å²) in [4.78, 5) is 21.0. The molecule has 0 fully saturated rings. The summed E-state index contributed by atoms with van der Waals surface area (Å²) >= 11 is 0. The zero-order valence-electron chi connectivity index (χ0n) is 19.5. The first-order chi connectivity index (χ1) is 15.8. The number of carbonyl (C=O) groups is 1. The smallest absolute Gasteiger partial charge is 0.416 e. The second-order valence-electron chi connectivity index (χ2n) is 8.58. The third-order valence-corrected chi connectivity index (χ3v) is 4.69. The number of aromatic nitrogens is 2. The van der Waals surface area contributed by atoms with Crippen LogP contribution < -0.4 is 21.1 Å². The van der Waals surface area contributed by atoms with Crippen LogP contribution in [0.1, 0.15) is 30.9 Å². The van der Waals surface area contributed by atoms with Crippen LogP contribution in [0.2, 0.25) is 0 Å². The summed E-state index contributed by atoms with van der Waals surface area (Å²) in [6.07, 6.45) is -3.62. The maximum atomic E-state index is 13.1. The number of nitrogens with one attached hydrogen (secondary N) is 2. The van der Waals surface area contributed by atoms with E-state index in [9.17, 15) is 23.2 Å². The van der Waals surface area contributed by atoms with E-state index in [1.165, 1.54) is 12.1 Å². The Morgan fingerprint density at radius 2 is 2.00 bits per heavy atom. The van der Waals surface area contributed by atoms with Gasteiger partial charge in [0.1, 0.15) is 12.1 Å². The minimum atomic E-state index is -4.54. The number of nitrogen functional groups attached to an aromatic ring is 1. The van der Waals surface area contributed by atoms with Gasteiger partial charge in [-0.3, -0.25) is 4.79 Å². The second kappa shape index (κ2) is 11.0. The van der Waals surface area contributed by atoms with E-state index in [2.05, 4.69) is 20.6 Å². The molecule has 1 unspecified atom stereocenters. The Bertz CT molecular complexity index is 1050. The number of hydrogen-bond acceptors (Lipinski definition) is 7. The molecule has 12 heteroatoms. The fraction of sp³-hybridized carbons (Fsp3) is 0.455. The van der Waals surface area contributed by atoms with Gasteiger partial charge in [-0.2, -0.15) is 28.4 Å². The number of nitriles is 1. The third-order valence-electron chi connectivity index (χ3n) is 4.69. The van der Waals surface area contributed by atoms with E-state index in [4.69, 9.17) is 10.5 Å². The number of benzene rings is 1. The molecule has 0 aliphatic rings. The van der Waals surface area contributed by atoms with Crippen LogP contribution in [0.5, 0.6) is 5.88 Å². The first-order valence-corrected chi connectivity index (χ1v) is 10.6. The highest BCUT2D eigenvalue weighted by atomic mass is 19.4. The van der Waals surface area contributed by atoms with Gasteiger partial charge in [-0.1, -0.05) is 6.07 Å². The summed E-state index contributed by atoms with van der Waals surface area (Å²) in [5.41, 5.74) is 4.83. The molecule has 0 saturated heterocycles. The van der Waals surface area contributed by atoms with Crippen molar-refractivity contribution in [2.24, 2.45) is 0 Å². The van der Waals surface area contributed by atoms with Crippen LogP contribution in [0.15, 0.2) is 24.3 Å². The summed E-state index contributed by atoms with van der Waals surface area (Å²) in [5, 5.41) is 15.0. The molecule has 1 aromatic heterocycles. The standard InChI is InChI=1S/C22H28F3N7O2/c1-5-34-20-16(13-26)18(30-21(27)31-20)29-17(10-7-11-32(2,3)4)19(33)28-15-9-6-8-14(12-15)22(23,24)25/h6,8-9,12,17H,5,7,10-11H2,1-4H3,(H3-,27,28,29,30,31,33)/p+1. The SMILES string of the molecule is CCOc1nc(N)nc(NC(CCC[N+](C)(C)C)C(=O)Nc2cccc(C(F)(F)F)c2)c1C#N. The van der Waals surface area contributed by atoms with Crippen molar-refractivity contribution in [3.05, 3.63) is 35.4 Å². The van der Waals surface area contributed by atoms with Gasteiger partial charge in [0.15, 0.2) is 11.4 Å². The summed E-state index contributed by atoms with van der Waals surface area (Å²) in [6.45, 7) is 2.67. The zero-order valence-corrected chi connectivity index (χ0v) is 19.5. The molecule has 1 amide bonds. The number of nitrogens with two attached hydrogens (primary N) is 1. The van der Waals surface area contributed by atoms with E-state index < -0.39 is 23.7 Å². The average Bonchev–Trinajstić information content (AvgIpc) is 2.72. The maximum absolute atomic E-state index is 13.1. The molecule has 0 aliphatic heterocycles. The van der Waals surface area contributed by atoms with E-state index in [0.717, 1.165) is 18.7 Å². The van der Waals surface area contributed by atoms with Crippen molar-refractivity contribution in [1.82, 2.24) is 9.97 Å². The Labute approximate surface area is 196 Å². The molecule has 34 heavy (non-hydrogen) atoms. The summed E-state index contributed by atoms with van der Waals surface area (Å²) in [7, 11) is 6.00. The molecule has 0 saturated carbocycles. The van der Waals surface area contributed by atoms with Gasteiger partial charge in [-0.25, -0.2) is 0 Å². The Morgan fingerprint density at radius 1 is 1.29 bits per heavy atom. The minimum absolute atomic E-state index is 0.00376. The van der Waals surface area contributed by atoms with E-state index in [0.29, 0.717) is 17.3 Å². The Morgan fingerprint density at radius 3 is 2.59 bits per heavy atom. The number of amides is 1. The number of hydrogen-bond donors (Lipinski definition) is 3. The van der Waals surface area contributed by atoms with Crippen LogP contribution in [0.4, 0.5) is 30.6 Å². The highest BCUT2D eigenvalue weighted by Crippen LogP contribution is 2.31. The molecular weight excluding hydrogens is 451 g/mol. The molecular formula is C22H29F3N7O2+. The lowest BCUT2D eigenvalue weighted by atomic mass is 10.1. The van der Waals surface area contributed by atoms with Crippen molar-refractivity contribution >= 4 is 23.4 Å². The molecule has 4 N–H and O–H groups in total. The van der Waals surface area contributed by atoms with Crippen molar-refractivity contribution in [3.8, 4) is 11.9 Å².